The Hall–Kier alpha value is -1.35. The summed E-state index contributed by atoms with van der Waals surface area (Å²) < 4.78 is 5.75. The Morgan fingerprint density at radius 1 is 1.15 bits per heavy atom. The molecule has 2 rings (SSSR count). The van der Waals surface area contributed by atoms with Crippen molar-refractivity contribution in [2.24, 2.45) is 0 Å². The van der Waals surface area contributed by atoms with Crippen molar-refractivity contribution in [3.63, 3.8) is 0 Å². The van der Waals surface area contributed by atoms with Crippen molar-refractivity contribution < 1.29 is 9.53 Å². The lowest BCUT2D eigenvalue weighted by Gasteiger charge is -2.45. The number of rotatable bonds is 2. The average molecular weight is 275 g/mol. The van der Waals surface area contributed by atoms with Gasteiger partial charge in [0.05, 0.1) is 5.56 Å². The van der Waals surface area contributed by atoms with Crippen LogP contribution in [-0.2, 0) is 4.74 Å². The number of esters is 1. The van der Waals surface area contributed by atoms with Crippen LogP contribution in [0.5, 0.6) is 0 Å². The highest BCUT2D eigenvalue weighted by molar-refractivity contribution is 5.91. The molecule has 0 unspecified atom stereocenters. The van der Waals surface area contributed by atoms with Gasteiger partial charge in [-0.2, -0.15) is 0 Å². The molecule has 0 spiro atoms. The molecule has 1 aliphatic rings. The van der Waals surface area contributed by atoms with Crippen molar-refractivity contribution in [3.05, 3.63) is 35.4 Å². The highest BCUT2D eigenvalue weighted by Gasteiger charge is 2.39. The van der Waals surface area contributed by atoms with Gasteiger partial charge in [-0.25, -0.2) is 4.79 Å². The molecule has 0 bridgehead atoms. The molecule has 1 saturated heterocycles. The zero-order chi connectivity index (χ0) is 15.0. The van der Waals surface area contributed by atoms with Crippen LogP contribution in [0.4, 0.5) is 0 Å². The number of carbonyl (C=O) groups excluding carboxylic acids is 1. The number of nitrogens with one attached hydrogen (secondary N) is 1. The van der Waals surface area contributed by atoms with E-state index in [0.717, 1.165) is 18.4 Å². The van der Waals surface area contributed by atoms with Crippen molar-refractivity contribution in [3.8, 4) is 0 Å². The van der Waals surface area contributed by atoms with Crippen LogP contribution >= 0.6 is 0 Å². The fourth-order valence-electron chi connectivity index (χ4n) is 3.33. The molecule has 0 radical (unpaired) electrons. The fourth-order valence-corrected chi connectivity index (χ4v) is 3.33. The third-order valence-corrected chi connectivity index (χ3v) is 3.79. The number of piperidine rings is 1. The van der Waals surface area contributed by atoms with E-state index in [-0.39, 0.29) is 23.2 Å². The molecule has 0 aromatic heterocycles. The number of ether oxygens (including phenoxy) is 1. The summed E-state index contributed by atoms with van der Waals surface area (Å²) in [6.07, 6.45) is 1.65. The molecule has 0 amide bonds. The summed E-state index contributed by atoms with van der Waals surface area (Å²) in [6.45, 7) is 10.6. The summed E-state index contributed by atoms with van der Waals surface area (Å²) >= 11 is 0. The normalized spacial score (nSPS) is 21.4. The van der Waals surface area contributed by atoms with Gasteiger partial charge in [-0.15, -0.1) is 0 Å². The van der Waals surface area contributed by atoms with Crippen LogP contribution < -0.4 is 5.32 Å². The lowest BCUT2D eigenvalue weighted by molar-refractivity contribution is -0.00643. The molecule has 1 aromatic rings. The highest BCUT2D eigenvalue weighted by atomic mass is 16.5. The minimum absolute atomic E-state index is 0.0154. The average Bonchev–Trinajstić information content (AvgIpc) is 2.24. The van der Waals surface area contributed by atoms with Gasteiger partial charge in [0.1, 0.15) is 6.10 Å². The van der Waals surface area contributed by atoms with Gasteiger partial charge in [0, 0.05) is 23.9 Å². The van der Waals surface area contributed by atoms with E-state index in [2.05, 4.69) is 33.0 Å². The Morgan fingerprint density at radius 3 is 2.25 bits per heavy atom. The van der Waals surface area contributed by atoms with E-state index in [1.54, 1.807) is 0 Å². The van der Waals surface area contributed by atoms with Crippen molar-refractivity contribution in [1.29, 1.82) is 0 Å². The lowest BCUT2D eigenvalue weighted by Crippen LogP contribution is -2.59. The lowest BCUT2D eigenvalue weighted by atomic mass is 9.81. The van der Waals surface area contributed by atoms with Crippen LogP contribution in [0.3, 0.4) is 0 Å². The van der Waals surface area contributed by atoms with Crippen LogP contribution in [0.15, 0.2) is 24.3 Å². The standard InChI is InChI=1S/C17H25NO2/c1-12-8-6-7-9-14(12)15(19)20-13-10-16(2,3)18-17(4,5)11-13/h6-9,13,18H,10-11H2,1-5H3. The van der Waals surface area contributed by atoms with E-state index in [9.17, 15) is 4.79 Å². The number of hydrogen-bond donors (Lipinski definition) is 1. The number of hydrogen-bond acceptors (Lipinski definition) is 3. The molecular weight excluding hydrogens is 250 g/mol. The van der Waals surface area contributed by atoms with Crippen LogP contribution in [-0.4, -0.2) is 23.2 Å². The molecular formula is C17H25NO2. The van der Waals surface area contributed by atoms with E-state index < -0.39 is 0 Å². The zero-order valence-electron chi connectivity index (χ0n) is 13.1. The molecule has 3 heteroatoms. The van der Waals surface area contributed by atoms with Crippen LogP contribution in [0.25, 0.3) is 0 Å². The minimum Gasteiger partial charge on any atom is -0.459 e. The van der Waals surface area contributed by atoms with E-state index in [1.165, 1.54) is 0 Å². The van der Waals surface area contributed by atoms with Crippen molar-refractivity contribution in [1.82, 2.24) is 5.32 Å². The van der Waals surface area contributed by atoms with Crippen molar-refractivity contribution in [2.75, 3.05) is 0 Å². The monoisotopic (exact) mass is 275 g/mol. The minimum atomic E-state index is -0.207. The molecule has 0 aliphatic carbocycles. The molecule has 20 heavy (non-hydrogen) atoms. The molecule has 1 heterocycles. The summed E-state index contributed by atoms with van der Waals surface area (Å²) in [4.78, 5) is 12.3. The predicted octanol–water partition coefficient (Wildman–Crippen LogP) is 3.46. The second-order valence-corrected chi connectivity index (χ2v) is 7.14. The number of carbonyl (C=O) groups is 1. The van der Waals surface area contributed by atoms with Gasteiger partial charge in [-0.1, -0.05) is 18.2 Å². The van der Waals surface area contributed by atoms with Gasteiger partial charge in [0.15, 0.2) is 0 Å². The maximum Gasteiger partial charge on any atom is 0.338 e. The largest absolute Gasteiger partial charge is 0.459 e. The number of aryl methyl sites for hydroxylation is 1. The Bertz CT molecular complexity index is 489. The van der Waals surface area contributed by atoms with Gasteiger partial charge in [0.2, 0.25) is 0 Å². The van der Waals surface area contributed by atoms with E-state index in [4.69, 9.17) is 4.74 Å². The first-order valence-corrected chi connectivity index (χ1v) is 7.24. The summed E-state index contributed by atoms with van der Waals surface area (Å²) in [5.74, 6) is -0.207. The zero-order valence-corrected chi connectivity index (χ0v) is 13.1. The Labute approximate surface area is 121 Å². The third-order valence-electron chi connectivity index (χ3n) is 3.79. The molecule has 0 atom stereocenters. The van der Waals surface area contributed by atoms with Gasteiger partial charge in [-0.3, -0.25) is 0 Å². The third kappa shape index (κ3) is 3.60. The highest BCUT2D eigenvalue weighted by Crippen LogP contribution is 2.30. The SMILES string of the molecule is Cc1ccccc1C(=O)OC1CC(C)(C)NC(C)(C)C1. The maximum atomic E-state index is 12.3. The van der Waals surface area contributed by atoms with E-state index >= 15 is 0 Å². The molecule has 0 saturated carbocycles. The summed E-state index contributed by atoms with van der Waals surface area (Å²) in [5.41, 5.74) is 1.60. The summed E-state index contributed by atoms with van der Waals surface area (Å²) in [5, 5.41) is 3.60. The van der Waals surface area contributed by atoms with Gasteiger partial charge >= 0.3 is 5.97 Å². The first kappa shape index (κ1) is 15.0. The molecule has 1 fully saturated rings. The van der Waals surface area contributed by atoms with Crippen LogP contribution in [0.1, 0.15) is 56.5 Å². The van der Waals surface area contributed by atoms with Crippen LogP contribution in [0.2, 0.25) is 0 Å². The van der Waals surface area contributed by atoms with Gasteiger partial charge < -0.3 is 10.1 Å². The molecule has 110 valence electrons. The second kappa shape index (κ2) is 5.21. The molecule has 1 aliphatic heterocycles. The van der Waals surface area contributed by atoms with Crippen molar-refractivity contribution >= 4 is 5.97 Å². The van der Waals surface area contributed by atoms with E-state index in [1.807, 2.05) is 31.2 Å². The van der Waals surface area contributed by atoms with Crippen LogP contribution in [0, 0.1) is 6.92 Å². The predicted molar refractivity (Wildman–Crippen MR) is 80.9 cm³/mol. The maximum absolute atomic E-state index is 12.3. The summed E-state index contributed by atoms with van der Waals surface area (Å²) in [6, 6.07) is 7.57. The second-order valence-electron chi connectivity index (χ2n) is 7.14. The quantitative estimate of drug-likeness (QED) is 0.840. The Morgan fingerprint density at radius 2 is 1.70 bits per heavy atom. The van der Waals surface area contributed by atoms with E-state index in [0.29, 0.717) is 5.56 Å². The number of benzene rings is 1. The smallest absolute Gasteiger partial charge is 0.338 e. The topological polar surface area (TPSA) is 38.3 Å². The molecule has 3 nitrogen and oxygen atoms in total. The summed E-state index contributed by atoms with van der Waals surface area (Å²) in [7, 11) is 0. The molecule has 1 aromatic carbocycles. The van der Waals surface area contributed by atoms with Crippen molar-refractivity contribution in [2.45, 2.75) is 64.6 Å². The van der Waals surface area contributed by atoms with Gasteiger partial charge in [0.25, 0.3) is 0 Å². The molecule has 1 N–H and O–H groups in total. The Kier molecular flexibility index (Phi) is 3.92. The Balaban J connectivity index is 2.10. The van der Waals surface area contributed by atoms with Gasteiger partial charge in [-0.05, 0) is 46.2 Å². The first-order chi connectivity index (χ1) is 9.19. The fraction of sp³-hybridized carbons (Fsp3) is 0.588. The first-order valence-electron chi connectivity index (χ1n) is 7.24.